The number of amides is 1. The lowest BCUT2D eigenvalue weighted by Gasteiger charge is -2.43. The molecule has 5 rings (SSSR count). The van der Waals surface area contributed by atoms with Crippen LogP contribution in [0.15, 0.2) is 30.5 Å². The Morgan fingerprint density at radius 3 is 2.62 bits per heavy atom. The van der Waals surface area contributed by atoms with E-state index in [1.807, 2.05) is 6.07 Å². The number of aliphatic hydroxyl groups is 1. The molecule has 1 amide bonds. The van der Waals surface area contributed by atoms with Gasteiger partial charge in [0.05, 0.1) is 11.9 Å². The normalized spacial score (nSPS) is 19.9. The van der Waals surface area contributed by atoms with Gasteiger partial charge in [0.25, 0.3) is 5.91 Å². The van der Waals surface area contributed by atoms with Crippen molar-refractivity contribution in [3.05, 3.63) is 53.1 Å². The summed E-state index contributed by atoms with van der Waals surface area (Å²) in [6.45, 7) is 5.56. The zero-order chi connectivity index (χ0) is 26.2. The van der Waals surface area contributed by atoms with Gasteiger partial charge in [0.15, 0.2) is 5.11 Å². The quantitative estimate of drug-likeness (QED) is 0.309. The predicted molar refractivity (Wildman–Crippen MR) is 142 cm³/mol. The second-order valence-corrected chi connectivity index (χ2v) is 10.4. The monoisotopic (exact) mass is 522 g/mol. The first-order valence-corrected chi connectivity index (χ1v) is 13.3. The highest BCUT2D eigenvalue weighted by atomic mass is 32.1. The number of thiocarbonyl (C=S) groups is 1. The van der Waals surface area contributed by atoms with Crippen molar-refractivity contribution in [2.24, 2.45) is 0 Å². The number of benzene rings is 1. The van der Waals surface area contributed by atoms with E-state index >= 15 is 4.39 Å². The Labute approximate surface area is 221 Å². The van der Waals surface area contributed by atoms with Crippen LogP contribution in [0.1, 0.15) is 61.6 Å². The zero-order valence-electron chi connectivity index (χ0n) is 20.9. The molecule has 2 aromatic rings. The van der Waals surface area contributed by atoms with Gasteiger partial charge in [-0.3, -0.25) is 15.0 Å². The third-order valence-corrected chi connectivity index (χ3v) is 8.11. The molecule has 1 spiro atoms. The molecule has 1 saturated carbocycles. The largest absolute Gasteiger partial charge is 0.374 e. The number of carbonyl (C=O) groups is 1. The molecule has 1 aromatic carbocycles. The molecule has 3 aliphatic rings. The maximum absolute atomic E-state index is 15.2. The summed E-state index contributed by atoms with van der Waals surface area (Å²) in [6.07, 6.45) is 5.78. The van der Waals surface area contributed by atoms with E-state index in [2.05, 4.69) is 15.2 Å². The van der Waals surface area contributed by atoms with Gasteiger partial charge >= 0.3 is 0 Å². The summed E-state index contributed by atoms with van der Waals surface area (Å²) in [7, 11) is 0. The Bertz CT molecular complexity index is 1250. The van der Waals surface area contributed by atoms with Crippen LogP contribution in [0.4, 0.5) is 15.8 Å². The molecule has 1 unspecified atom stereocenters. The Hall–Kier alpha value is -2.97. The van der Waals surface area contributed by atoms with E-state index in [0.29, 0.717) is 36.3 Å². The van der Waals surface area contributed by atoms with Gasteiger partial charge in [0, 0.05) is 11.3 Å². The van der Waals surface area contributed by atoms with E-state index in [1.54, 1.807) is 30.0 Å². The first-order valence-electron chi connectivity index (χ1n) is 12.8. The molecule has 2 aliphatic heterocycles. The molecule has 3 fully saturated rings. The number of halogens is 1. The van der Waals surface area contributed by atoms with E-state index in [1.165, 1.54) is 30.0 Å². The van der Waals surface area contributed by atoms with Gasteiger partial charge in [-0.2, -0.15) is 5.26 Å². The zero-order valence-corrected chi connectivity index (χ0v) is 21.7. The van der Waals surface area contributed by atoms with Crippen molar-refractivity contribution < 1.29 is 14.3 Å². The van der Waals surface area contributed by atoms with Crippen LogP contribution in [0.2, 0.25) is 0 Å². The molecule has 8 nitrogen and oxygen atoms in total. The Morgan fingerprint density at radius 1 is 1.24 bits per heavy atom. The smallest absolute Gasteiger partial charge is 0.259 e. The lowest BCUT2D eigenvalue weighted by atomic mass is 9.75. The summed E-state index contributed by atoms with van der Waals surface area (Å²) < 4.78 is 15.2. The molecule has 194 valence electrons. The number of aryl methyl sites for hydroxylation is 1. The van der Waals surface area contributed by atoms with Crippen molar-refractivity contribution in [1.29, 1.82) is 5.26 Å². The standard InChI is InChI=1S/C27H31FN6O2S/c1-18-14-20(17-31-23(18)16-29)33-25(36)27(8-4-9-27)34(26(33)37)19-6-7-21(22(28)15-19)24(35)30-10-5-13-32-11-2-3-12-32/h6-7,14-15,17,24,30,35H,2-5,8-13H2,1H3. The number of carbonyl (C=O) groups excluding carboxylic acids is 1. The number of nitrogens with zero attached hydrogens (tertiary/aromatic N) is 5. The van der Waals surface area contributed by atoms with Gasteiger partial charge in [-0.1, -0.05) is 6.07 Å². The van der Waals surface area contributed by atoms with Crippen LogP contribution in [0.3, 0.4) is 0 Å². The molecule has 0 bridgehead atoms. The number of rotatable bonds is 8. The average Bonchev–Trinajstić information content (AvgIpc) is 3.45. The van der Waals surface area contributed by atoms with Crippen molar-refractivity contribution in [2.75, 3.05) is 36.0 Å². The highest BCUT2D eigenvalue weighted by Gasteiger charge is 2.59. The number of hydrogen-bond donors (Lipinski definition) is 2. The Balaban J connectivity index is 1.33. The first-order chi connectivity index (χ1) is 17.9. The van der Waals surface area contributed by atoms with Crippen molar-refractivity contribution in [2.45, 2.75) is 57.2 Å². The van der Waals surface area contributed by atoms with Crippen LogP contribution >= 0.6 is 12.2 Å². The van der Waals surface area contributed by atoms with Gasteiger partial charge in [-0.05, 0) is 108 Å². The molecule has 2 N–H and O–H groups in total. The summed E-state index contributed by atoms with van der Waals surface area (Å²) in [5.74, 6) is -0.727. The van der Waals surface area contributed by atoms with Crippen molar-refractivity contribution in [3.63, 3.8) is 0 Å². The number of likely N-dealkylation sites (tertiary alicyclic amines) is 1. The average molecular weight is 523 g/mol. The molecule has 3 heterocycles. The molecule has 0 radical (unpaired) electrons. The van der Waals surface area contributed by atoms with E-state index in [4.69, 9.17) is 12.2 Å². The number of nitriles is 1. The minimum absolute atomic E-state index is 0.160. The third-order valence-electron chi connectivity index (χ3n) is 7.74. The minimum Gasteiger partial charge on any atom is -0.374 e. The van der Waals surface area contributed by atoms with Crippen molar-refractivity contribution in [1.82, 2.24) is 15.2 Å². The van der Waals surface area contributed by atoms with E-state index in [-0.39, 0.29) is 22.3 Å². The summed E-state index contributed by atoms with van der Waals surface area (Å²) in [4.78, 5) is 23.4. The highest BCUT2D eigenvalue weighted by molar-refractivity contribution is 7.81. The van der Waals surface area contributed by atoms with Gasteiger partial charge in [-0.25, -0.2) is 9.37 Å². The SMILES string of the molecule is Cc1cc(N2C(=O)C3(CCC3)N(c3ccc(C(O)NCCCN4CCCC4)c(F)c3)C2=S)cnc1C#N. The highest BCUT2D eigenvalue weighted by Crippen LogP contribution is 2.48. The lowest BCUT2D eigenvalue weighted by molar-refractivity contribution is -0.123. The molecule has 2 saturated heterocycles. The first kappa shape index (κ1) is 25.7. The fraction of sp³-hybridized carbons (Fsp3) is 0.481. The number of aliphatic hydroxyl groups excluding tert-OH is 1. The van der Waals surface area contributed by atoms with E-state index in [0.717, 1.165) is 32.5 Å². The number of aromatic nitrogens is 1. The van der Waals surface area contributed by atoms with Gasteiger partial charge in [-0.15, -0.1) is 0 Å². The third kappa shape index (κ3) is 4.61. The second-order valence-electron chi connectivity index (χ2n) is 10.1. The summed E-state index contributed by atoms with van der Waals surface area (Å²) in [6, 6.07) is 8.36. The summed E-state index contributed by atoms with van der Waals surface area (Å²) >= 11 is 5.75. The van der Waals surface area contributed by atoms with Gasteiger partial charge in [0.2, 0.25) is 0 Å². The molecule has 1 aromatic heterocycles. The molecule has 1 atom stereocenters. The molecule has 37 heavy (non-hydrogen) atoms. The Morgan fingerprint density at radius 2 is 2.00 bits per heavy atom. The summed E-state index contributed by atoms with van der Waals surface area (Å²) in [5.41, 5.74) is 1.20. The maximum atomic E-state index is 15.2. The predicted octanol–water partition coefficient (Wildman–Crippen LogP) is 3.53. The summed E-state index contributed by atoms with van der Waals surface area (Å²) in [5, 5.41) is 23.0. The molecule has 10 heteroatoms. The van der Waals surface area contributed by atoms with Gasteiger partial charge < -0.3 is 14.9 Å². The van der Waals surface area contributed by atoms with Crippen LogP contribution < -0.4 is 15.1 Å². The van der Waals surface area contributed by atoms with Crippen molar-refractivity contribution in [3.8, 4) is 6.07 Å². The number of pyridine rings is 1. The number of hydrogen-bond acceptors (Lipinski definition) is 7. The van der Waals surface area contributed by atoms with Crippen LogP contribution in [0.25, 0.3) is 0 Å². The topological polar surface area (TPSA) is 95.7 Å². The molecule has 1 aliphatic carbocycles. The molecular formula is C27H31FN6O2S. The second kappa shape index (κ2) is 10.4. The fourth-order valence-electron chi connectivity index (χ4n) is 5.54. The maximum Gasteiger partial charge on any atom is 0.259 e. The molecular weight excluding hydrogens is 491 g/mol. The fourth-order valence-corrected chi connectivity index (χ4v) is 6.01. The van der Waals surface area contributed by atoms with Crippen LogP contribution in [-0.2, 0) is 4.79 Å². The van der Waals surface area contributed by atoms with Gasteiger partial charge in [0.1, 0.15) is 29.3 Å². The van der Waals surface area contributed by atoms with Crippen LogP contribution in [0.5, 0.6) is 0 Å². The Kier molecular flexibility index (Phi) is 7.23. The number of anilines is 2. The van der Waals surface area contributed by atoms with Crippen molar-refractivity contribution >= 4 is 34.6 Å². The van der Waals surface area contributed by atoms with Crippen LogP contribution in [-0.4, -0.2) is 57.7 Å². The van der Waals surface area contributed by atoms with E-state index in [9.17, 15) is 15.2 Å². The lowest BCUT2D eigenvalue weighted by Crippen LogP contribution is -2.55. The van der Waals surface area contributed by atoms with E-state index < -0.39 is 17.6 Å². The minimum atomic E-state index is -1.12. The van der Waals surface area contributed by atoms with Crippen LogP contribution in [0, 0.1) is 24.1 Å². The number of nitrogens with one attached hydrogen (secondary N) is 1.